The van der Waals surface area contributed by atoms with E-state index in [0.29, 0.717) is 18.8 Å². The fourth-order valence-electron chi connectivity index (χ4n) is 3.10. The molecule has 1 N–H and O–H groups in total. The molecule has 2 aromatic rings. The van der Waals surface area contributed by atoms with Crippen LogP contribution >= 0.6 is 0 Å². The number of anilines is 2. The molecule has 168 valence electrons. The highest BCUT2D eigenvalue weighted by Gasteiger charge is 2.46. The smallest absolute Gasteiger partial charge is 0.373 e. The Morgan fingerprint density at radius 1 is 1.12 bits per heavy atom. The molecule has 0 atom stereocenters. The molecule has 32 heavy (non-hydrogen) atoms. The summed E-state index contributed by atoms with van der Waals surface area (Å²) in [5.74, 6) is -0.408. The van der Waals surface area contributed by atoms with Crippen LogP contribution in [0.4, 0.5) is 47.8 Å². The number of imidazole rings is 1. The zero-order valence-corrected chi connectivity index (χ0v) is 17.6. The van der Waals surface area contributed by atoms with Crippen LogP contribution in [-0.2, 0) is 17.1 Å². The van der Waals surface area contributed by atoms with Crippen molar-refractivity contribution in [2.75, 3.05) is 22.7 Å². The summed E-state index contributed by atoms with van der Waals surface area (Å²) in [6.07, 6.45) is 2.87. The predicted octanol–water partition coefficient (Wildman–Crippen LogP) is 5.19. The number of sulfonamides is 1. The first kappa shape index (κ1) is 23.0. The molecule has 1 aromatic carbocycles. The highest BCUT2D eigenvalue weighted by atomic mass is 32.2. The van der Waals surface area contributed by atoms with Crippen LogP contribution < -0.4 is 9.62 Å². The zero-order chi connectivity index (χ0) is 23.5. The maximum Gasteiger partial charge on any atom is 0.516 e. The van der Waals surface area contributed by atoms with Gasteiger partial charge in [-0.05, 0) is 37.5 Å². The van der Waals surface area contributed by atoms with Gasteiger partial charge in [0.2, 0.25) is 0 Å². The first-order valence-electron chi connectivity index (χ1n) is 9.29. The Balaban J connectivity index is 2.03. The van der Waals surface area contributed by atoms with E-state index in [9.17, 15) is 21.6 Å². The van der Waals surface area contributed by atoms with Crippen LogP contribution in [0.1, 0.15) is 19.3 Å². The van der Waals surface area contributed by atoms with E-state index in [-0.39, 0.29) is 23.3 Å². The van der Waals surface area contributed by atoms with E-state index in [1.165, 1.54) is 28.5 Å². The van der Waals surface area contributed by atoms with Gasteiger partial charge in [0.25, 0.3) is 11.6 Å². The first-order valence-corrected chi connectivity index (χ1v) is 10.8. The maximum absolute atomic E-state index is 13.0. The lowest BCUT2D eigenvalue weighted by atomic mass is 10.1. The molecular weight excluding hydrogens is 449 g/mol. The van der Waals surface area contributed by atoms with Gasteiger partial charge in [-0.2, -0.15) is 21.6 Å². The summed E-state index contributed by atoms with van der Waals surface area (Å²) in [6, 6.07) is 4.23. The number of hydrogen-bond acceptors (Lipinski definition) is 6. The van der Waals surface area contributed by atoms with E-state index in [0.717, 1.165) is 19.3 Å². The molecule has 0 spiro atoms. The number of benzene rings is 1. The van der Waals surface area contributed by atoms with Gasteiger partial charge >= 0.3 is 21.5 Å². The fourth-order valence-corrected chi connectivity index (χ4v) is 3.67. The molecule has 0 radical (unpaired) electrons. The van der Waals surface area contributed by atoms with E-state index in [4.69, 9.17) is 13.1 Å². The van der Waals surface area contributed by atoms with Gasteiger partial charge in [-0.1, -0.05) is 23.2 Å². The Kier molecular flexibility index (Phi) is 6.36. The van der Waals surface area contributed by atoms with Gasteiger partial charge in [-0.15, -0.1) is 5.11 Å². The Hall–Kier alpha value is -3.65. The van der Waals surface area contributed by atoms with Crippen LogP contribution in [0.5, 0.6) is 0 Å². The van der Waals surface area contributed by atoms with Crippen molar-refractivity contribution in [2.45, 2.75) is 24.8 Å². The number of halogens is 3. The molecule has 2 heterocycles. The highest BCUT2D eigenvalue weighted by Crippen LogP contribution is 2.37. The van der Waals surface area contributed by atoms with Crippen molar-refractivity contribution in [1.82, 2.24) is 9.55 Å². The zero-order valence-electron chi connectivity index (χ0n) is 16.8. The molecule has 3 rings (SSSR count). The quantitative estimate of drug-likeness (QED) is 0.484. The van der Waals surface area contributed by atoms with Crippen LogP contribution in [0.2, 0.25) is 0 Å². The van der Waals surface area contributed by atoms with Crippen LogP contribution in [0.15, 0.2) is 28.4 Å². The maximum atomic E-state index is 13.0. The van der Waals surface area contributed by atoms with Gasteiger partial charge in [0, 0.05) is 18.8 Å². The molecule has 0 bridgehead atoms. The molecule has 0 aliphatic carbocycles. The number of alkyl halides is 3. The first-order chi connectivity index (χ1) is 15.1. The fraction of sp³-hybridized carbons (Fsp3) is 0.389. The Labute approximate surface area is 182 Å². The van der Waals surface area contributed by atoms with Crippen LogP contribution in [0, 0.1) is 13.1 Å². The van der Waals surface area contributed by atoms with Gasteiger partial charge in [0.1, 0.15) is 5.69 Å². The number of piperidine rings is 1. The van der Waals surface area contributed by atoms with Crippen molar-refractivity contribution in [3.05, 3.63) is 41.0 Å². The highest BCUT2D eigenvalue weighted by molar-refractivity contribution is 7.93. The summed E-state index contributed by atoms with van der Waals surface area (Å²) in [6.45, 7) is 15.5. The minimum Gasteiger partial charge on any atom is -0.373 e. The molecule has 0 saturated carbocycles. The second-order valence-electron chi connectivity index (χ2n) is 6.84. The molecule has 1 aliphatic rings. The summed E-state index contributed by atoms with van der Waals surface area (Å²) < 4.78 is 65.0. The van der Waals surface area contributed by atoms with Crippen molar-refractivity contribution in [1.29, 1.82) is 0 Å². The third-order valence-corrected chi connectivity index (χ3v) is 5.83. The lowest BCUT2D eigenvalue weighted by Crippen LogP contribution is -2.31. The van der Waals surface area contributed by atoms with E-state index in [1.807, 2.05) is 4.90 Å². The Morgan fingerprint density at radius 3 is 2.38 bits per heavy atom. The van der Waals surface area contributed by atoms with Crippen LogP contribution in [0.25, 0.3) is 9.69 Å². The minimum atomic E-state index is -5.69. The summed E-state index contributed by atoms with van der Waals surface area (Å²) in [7, 11) is -4.27. The van der Waals surface area contributed by atoms with E-state index >= 15 is 0 Å². The van der Waals surface area contributed by atoms with Gasteiger partial charge in [0.05, 0.1) is 12.7 Å². The number of hydrogen-bond donors (Lipinski definition) is 1. The standard InChI is InChI=1S/C18H17F3N8O2S/c1-22-15-16(23-2)28(3)17(24-15)26-25-13-8-7-12(29-9-5-4-6-10-29)11-14(13)27-32(30,31)18(19,20)21/h7-8,11,27H,4-6,9-10H2,3H3. The molecule has 0 amide bonds. The summed E-state index contributed by atoms with van der Waals surface area (Å²) in [5.41, 5.74) is -5.56. The number of nitrogens with one attached hydrogen (secondary N) is 1. The molecule has 1 saturated heterocycles. The molecule has 1 fully saturated rings. The van der Waals surface area contributed by atoms with Crippen molar-refractivity contribution in [3.8, 4) is 0 Å². The summed E-state index contributed by atoms with van der Waals surface area (Å²) in [5, 5.41) is 7.64. The Morgan fingerprint density at radius 2 is 1.81 bits per heavy atom. The van der Waals surface area contributed by atoms with Crippen LogP contribution in [0.3, 0.4) is 0 Å². The third kappa shape index (κ3) is 4.65. The average molecular weight is 466 g/mol. The second kappa shape index (κ2) is 8.84. The topological polar surface area (TPSA) is 101 Å². The second-order valence-corrected chi connectivity index (χ2v) is 8.52. The molecule has 1 aliphatic heterocycles. The lowest BCUT2D eigenvalue weighted by molar-refractivity contribution is -0.0429. The normalized spacial score (nSPS) is 14.9. The number of nitrogens with zero attached hydrogens (tertiary/aromatic N) is 7. The molecule has 14 heteroatoms. The molecule has 10 nitrogen and oxygen atoms in total. The summed E-state index contributed by atoms with van der Waals surface area (Å²) in [4.78, 5) is 12.1. The van der Waals surface area contributed by atoms with Crippen LogP contribution in [-0.4, -0.2) is 36.6 Å². The lowest BCUT2D eigenvalue weighted by Gasteiger charge is -2.29. The van der Waals surface area contributed by atoms with E-state index < -0.39 is 21.2 Å². The monoisotopic (exact) mass is 466 g/mol. The molecule has 0 unspecified atom stereocenters. The van der Waals surface area contributed by atoms with E-state index in [1.54, 1.807) is 6.07 Å². The third-order valence-electron chi connectivity index (χ3n) is 4.73. The van der Waals surface area contributed by atoms with Gasteiger partial charge < -0.3 is 14.6 Å². The average Bonchev–Trinajstić information content (AvgIpc) is 3.07. The van der Waals surface area contributed by atoms with Crippen molar-refractivity contribution >= 4 is 44.7 Å². The number of rotatable bonds is 5. The minimum absolute atomic E-state index is 0.0765. The largest absolute Gasteiger partial charge is 0.516 e. The van der Waals surface area contributed by atoms with E-state index in [2.05, 4.69) is 24.9 Å². The number of azo groups is 1. The Bertz CT molecular complexity index is 1230. The van der Waals surface area contributed by atoms with Gasteiger partial charge in [0.15, 0.2) is 0 Å². The van der Waals surface area contributed by atoms with Crippen molar-refractivity contribution < 1.29 is 21.6 Å². The molecular formula is C18H17F3N8O2S. The summed E-state index contributed by atoms with van der Waals surface area (Å²) >= 11 is 0. The predicted molar refractivity (Wildman–Crippen MR) is 111 cm³/mol. The number of aromatic nitrogens is 2. The van der Waals surface area contributed by atoms with Crippen molar-refractivity contribution in [3.63, 3.8) is 0 Å². The molecule has 1 aromatic heterocycles. The van der Waals surface area contributed by atoms with Gasteiger partial charge in [-0.25, -0.2) is 4.57 Å². The SMILES string of the molecule is [C-]#[N+]c1nc(N=Nc2ccc(N3CCCCC3)cc2NS(=O)(=O)C(F)(F)F)n(C)c1[N+]#[C-]. The van der Waals surface area contributed by atoms with Gasteiger partial charge in [-0.3, -0.25) is 4.72 Å². The van der Waals surface area contributed by atoms with Crippen molar-refractivity contribution in [2.24, 2.45) is 17.3 Å².